The lowest BCUT2D eigenvalue weighted by Gasteiger charge is -2.06. The molecule has 0 aliphatic carbocycles. The summed E-state index contributed by atoms with van der Waals surface area (Å²) in [4.78, 5) is 1.58. The number of hydrogen-bond acceptors (Lipinski definition) is 3. The highest BCUT2D eigenvalue weighted by molar-refractivity contribution is 5.99. The summed E-state index contributed by atoms with van der Waals surface area (Å²) in [6, 6.07) is 28.8. The molecule has 0 N–H and O–H groups in total. The third kappa shape index (κ3) is 3.83. The minimum absolute atomic E-state index is 0.643. The molecule has 1 aromatic heterocycles. The maximum Gasteiger partial charge on any atom is 0.238 e. The number of ether oxygens (including phenoxy) is 1. The van der Waals surface area contributed by atoms with Crippen molar-refractivity contribution < 1.29 is 4.74 Å². The number of nitrogens with zero attached hydrogens (tertiary/aromatic N) is 3. The Morgan fingerprint density at radius 2 is 1.34 bits per heavy atom. The van der Waals surface area contributed by atoms with E-state index in [9.17, 15) is 0 Å². The number of rotatable bonds is 5. The number of aromatic nitrogens is 2. The zero-order valence-corrected chi connectivity index (χ0v) is 16.8. The molecule has 0 atom stereocenters. The van der Waals surface area contributed by atoms with E-state index < -0.39 is 0 Å². The first kappa shape index (κ1) is 18.7. The van der Waals surface area contributed by atoms with E-state index in [0.29, 0.717) is 5.88 Å². The highest BCUT2D eigenvalue weighted by atomic mass is 16.5. The first-order valence-electron chi connectivity index (χ1n) is 9.58. The molecular weight excluding hydrogens is 358 g/mol. The fourth-order valence-electron chi connectivity index (χ4n) is 3.37. The Hall–Kier alpha value is -3.66. The van der Waals surface area contributed by atoms with Crippen LogP contribution in [-0.4, -0.2) is 22.7 Å². The molecule has 0 saturated heterocycles. The molecule has 4 aromatic rings. The average molecular weight is 381 g/mol. The molecule has 0 aliphatic rings. The van der Waals surface area contributed by atoms with Crippen LogP contribution in [0, 0.1) is 6.92 Å². The van der Waals surface area contributed by atoms with E-state index in [4.69, 9.17) is 9.84 Å². The Morgan fingerprint density at radius 3 is 1.93 bits per heavy atom. The van der Waals surface area contributed by atoms with Crippen LogP contribution in [0.3, 0.4) is 0 Å². The van der Waals surface area contributed by atoms with Gasteiger partial charge in [0.1, 0.15) is 5.69 Å². The minimum atomic E-state index is 0.643. The molecule has 0 spiro atoms. The molecule has 0 bridgehead atoms. The van der Waals surface area contributed by atoms with Crippen LogP contribution < -0.4 is 4.74 Å². The maximum atomic E-state index is 5.59. The average Bonchev–Trinajstić information content (AvgIpc) is 3.10. The number of methoxy groups -OCH3 is 1. The predicted octanol–water partition coefficient (Wildman–Crippen LogP) is 5.81. The van der Waals surface area contributed by atoms with Crippen molar-refractivity contribution in [3.63, 3.8) is 0 Å². The van der Waals surface area contributed by atoms with E-state index in [1.807, 2.05) is 62.4 Å². The van der Waals surface area contributed by atoms with Crippen LogP contribution >= 0.6 is 0 Å². The first-order valence-corrected chi connectivity index (χ1v) is 9.58. The van der Waals surface area contributed by atoms with Crippen molar-refractivity contribution in [3.8, 4) is 28.3 Å². The van der Waals surface area contributed by atoms with E-state index in [1.165, 1.54) is 11.1 Å². The Morgan fingerprint density at radius 1 is 0.793 bits per heavy atom. The van der Waals surface area contributed by atoms with Gasteiger partial charge < -0.3 is 4.74 Å². The summed E-state index contributed by atoms with van der Waals surface area (Å²) < 4.78 is 5.59. The van der Waals surface area contributed by atoms with E-state index in [-0.39, 0.29) is 0 Å². The highest BCUT2D eigenvalue weighted by Crippen LogP contribution is 2.29. The predicted molar refractivity (Wildman–Crippen MR) is 118 cm³/mol. The van der Waals surface area contributed by atoms with Crippen LogP contribution in [0.5, 0.6) is 5.88 Å². The lowest BCUT2D eigenvalue weighted by Crippen LogP contribution is -2.03. The van der Waals surface area contributed by atoms with Crippen molar-refractivity contribution in [3.05, 3.63) is 96.1 Å². The van der Waals surface area contributed by atoms with Crippen molar-refractivity contribution in [2.24, 2.45) is 5.10 Å². The van der Waals surface area contributed by atoms with Gasteiger partial charge in [0.25, 0.3) is 0 Å². The van der Waals surface area contributed by atoms with Gasteiger partial charge in [0.2, 0.25) is 5.88 Å². The summed E-state index contributed by atoms with van der Waals surface area (Å²) in [5, 5.41) is 9.39. The molecule has 0 aliphatic heterocycles. The zero-order valence-electron chi connectivity index (χ0n) is 16.8. The molecule has 4 rings (SSSR count). The van der Waals surface area contributed by atoms with Gasteiger partial charge in [-0.15, -0.1) is 9.89 Å². The van der Waals surface area contributed by atoms with Crippen LogP contribution in [0.2, 0.25) is 0 Å². The molecule has 0 radical (unpaired) electrons. The standard InChI is InChI=1S/C25H23N3O/c1-18-24(23-12-8-5-9-13-23)27-28(25(18)29-3)26-19(2)20-14-16-22(17-15-20)21-10-6-4-7-11-21/h4-17H,1-3H3/b26-19+. The second-order valence-corrected chi connectivity index (χ2v) is 6.87. The highest BCUT2D eigenvalue weighted by Gasteiger charge is 2.16. The number of hydrogen-bond donors (Lipinski definition) is 0. The van der Waals surface area contributed by atoms with E-state index >= 15 is 0 Å². The normalized spacial score (nSPS) is 11.5. The van der Waals surface area contributed by atoms with Crippen molar-refractivity contribution >= 4 is 5.71 Å². The third-order valence-electron chi connectivity index (χ3n) is 4.95. The van der Waals surface area contributed by atoms with Crippen LogP contribution in [0.15, 0.2) is 90.0 Å². The molecule has 3 aromatic carbocycles. The second kappa shape index (κ2) is 8.15. The molecule has 0 saturated carbocycles. The summed E-state index contributed by atoms with van der Waals surface area (Å²) in [6.45, 7) is 3.99. The molecular formula is C25H23N3O. The van der Waals surface area contributed by atoms with Crippen LogP contribution in [0.4, 0.5) is 0 Å². The summed E-state index contributed by atoms with van der Waals surface area (Å²) in [7, 11) is 1.65. The lowest BCUT2D eigenvalue weighted by molar-refractivity contribution is 0.368. The monoisotopic (exact) mass is 381 g/mol. The fraction of sp³-hybridized carbons (Fsp3) is 0.120. The van der Waals surface area contributed by atoms with Crippen molar-refractivity contribution in [1.29, 1.82) is 0 Å². The van der Waals surface area contributed by atoms with E-state index in [1.54, 1.807) is 11.9 Å². The molecule has 4 heteroatoms. The minimum Gasteiger partial charge on any atom is -0.480 e. The summed E-state index contributed by atoms with van der Waals surface area (Å²) in [5.41, 5.74) is 7.17. The van der Waals surface area contributed by atoms with E-state index in [2.05, 4.69) is 41.5 Å². The Kier molecular flexibility index (Phi) is 5.25. The number of benzene rings is 3. The van der Waals surface area contributed by atoms with Gasteiger partial charge in [-0.25, -0.2) is 0 Å². The second-order valence-electron chi connectivity index (χ2n) is 6.87. The van der Waals surface area contributed by atoms with Gasteiger partial charge in [-0.05, 0) is 30.5 Å². The fourth-order valence-corrected chi connectivity index (χ4v) is 3.37. The van der Waals surface area contributed by atoms with Crippen LogP contribution in [-0.2, 0) is 0 Å². The summed E-state index contributed by atoms with van der Waals surface area (Å²) in [5.74, 6) is 0.643. The maximum absolute atomic E-state index is 5.59. The molecule has 4 nitrogen and oxygen atoms in total. The summed E-state index contributed by atoms with van der Waals surface area (Å²) >= 11 is 0. The molecule has 0 unspecified atom stereocenters. The molecule has 0 fully saturated rings. The molecule has 0 amide bonds. The molecule has 29 heavy (non-hydrogen) atoms. The summed E-state index contributed by atoms with van der Waals surface area (Å²) in [6.07, 6.45) is 0. The topological polar surface area (TPSA) is 39.4 Å². The molecule has 144 valence electrons. The van der Waals surface area contributed by atoms with Gasteiger partial charge in [-0.3, -0.25) is 0 Å². The largest absolute Gasteiger partial charge is 0.480 e. The Labute approximate surface area is 171 Å². The van der Waals surface area contributed by atoms with Crippen LogP contribution in [0.25, 0.3) is 22.4 Å². The zero-order chi connectivity index (χ0) is 20.2. The van der Waals surface area contributed by atoms with Crippen LogP contribution in [0.1, 0.15) is 18.1 Å². The van der Waals surface area contributed by atoms with Crippen molar-refractivity contribution in [2.75, 3.05) is 7.11 Å². The van der Waals surface area contributed by atoms with Gasteiger partial charge >= 0.3 is 0 Å². The SMILES string of the molecule is COc1c(C)c(-c2ccccc2)nn1/N=C(\C)c1ccc(-c2ccccc2)cc1. The van der Waals surface area contributed by atoms with E-state index in [0.717, 1.165) is 28.1 Å². The first-order chi connectivity index (χ1) is 14.2. The smallest absolute Gasteiger partial charge is 0.238 e. The van der Waals surface area contributed by atoms with Crippen molar-refractivity contribution in [1.82, 2.24) is 9.89 Å². The molecule has 1 heterocycles. The van der Waals surface area contributed by atoms with Gasteiger partial charge in [0.15, 0.2) is 0 Å². The third-order valence-corrected chi connectivity index (χ3v) is 4.95. The van der Waals surface area contributed by atoms with Crippen molar-refractivity contribution in [2.45, 2.75) is 13.8 Å². The lowest BCUT2D eigenvalue weighted by atomic mass is 10.0. The quantitative estimate of drug-likeness (QED) is 0.410. The Bertz CT molecular complexity index is 1130. The van der Waals surface area contributed by atoms with Gasteiger partial charge in [0.05, 0.1) is 12.8 Å². The van der Waals surface area contributed by atoms with Gasteiger partial charge in [-0.1, -0.05) is 84.9 Å². The van der Waals surface area contributed by atoms with Gasteiger partial charge in [0, 0.05) is 11.1 Å². The van der Waals surface area contributed by atoms with Gasteiger partial charge in [-0.2, -0.15) is 5.10 Å². The Balaban J connectivity index is 1.67.